The maximum Gasteiger partial charge on any atom is 0.0351 e. The summed E-state index contributed by atoms with van der Waals surface area (Å²) in [6.45, 7) is 4.47. The lowest BCUT2D eigenvalue weighted by atomic mass is 10.0. The molecule has 1 N–H and O–H groups in total. The molecular formula is C17H25N. The van der Waals surface area contributed by atoms with Crippen LogP contribution in [-0.2, 0) is 0 Å². The Hall–Kier alpha value is -0.820. The first kappa shape index (κ1) is 12.2. The average molecular weight is 243 g/mol. The lowest BCUT2D eigenvalue weighted by Crippen LogP contribution is -2.26. The van der Waals surface area contributed by atoms with Crippen LogP contribution in [0.2, 0.25) is 0 Å². The van der Waals surface area contributed by atoms with Crippen LogP contribution in [0.15, 0.2) is 24.3 Å². The zero-order valence-electron chi connectivity index (χ0n) is 11.7. The van der Waals surface area contributed by atoms with Crippen molar-refractivity contribution in [3.8, 4) is 0 Å². The smallest absolute Gasteiger partial charge is 0.0351 e. The highest BCUT2D eigenvalue weighted by Crippen LogP contribution is 2.44. The molecule has 2 aliphatic carbocycles. The summed E-state index contributed by atoms with van der Waals surface area (Å²) in [5.41, 5.74) is 2.87. The van der Waals surface area contributed by atoms with Gasteiger partial charge in [-0.1, -0.05) is 43.2 Å². The minimum atomic E-state index is 0.623. The molecule has 1 aromatic rings. The van der Waals surface area contributed by atoms with Crippen LogP contribution in [0.3, 0.4) is 0 Å². The zero-order valence-corrected chi connectivity index (χ0v) is 11.7. The van der Waals surface area contributed by atoms with Crippen molar-refractivity contribution in [2.45, 2.75) is 58.0 Å². The molecule has 0 saturated heterocycles. The quantitative estimate of drug-likeness (QED) is 0.788. The van der Waals surface area contributed by atoms with Gasteiger partial charge in [0.05, 0.1) is 0 Å². The van der Waals surface area contributed by atoms with E-state index in [1.54, 1.807) is 0 Å². The fourth-order valence-electron chi connectivity index (χ4n) is 3.08. The molecule has 3 unspecified atom stereocenters. The average Bonchev–Trinajstić information content (AvgIpc) is 3.23. The summed E-state index contributed by atoms with van der Waals surface area (Å²) < 4.78 is 0. The van der Waals surface area contributed by atoms with E-state index in [1.807, 2.05) is 0 Å². The number of hydrogen-bond acceptors (Lipinski definition) is 1. The Balaban J connectivity index is 1.64. The van der Waals surface area contributed by atoms with E-state index in [1.165, 1.54) is 43.2 Å². The van der Waals surface area contributed by atoms with E-state index in [-0.39, 0.29) is 0 Å². The summed E-state index contributed by atoms with van der Waals surface area (Å²) >= 11 is 0. The van der Waals surface area contributed by atoms with Gasteiger partial charge < -0.3 is 5.32 Å². The van der Waals surface area contributed by atoms with Gasteiger partial charge in [-0.05, 0) is 50.0 Å². The minimum Gasteiger partial charge on any atom is -0.307 e. The van der Waals surface area contributed by atoms with Gasteiger partial charge in [-0.2, -0.15) is 0 Å². The number of rotatable bonds is 6. The van der Waals surface area contributed by atoms with Gasteiger partial charge >= 0.3 is 0 Å². The second-order valence-corrected chi connectivity index (χ2v) is 6.28. The van der Waals surface area contributed by atoms with Crippen molar-refractivity contribution in [2.75, 3.05) is 0 Å². The summed E-state index contributed by atoms with van der Waals surface area (Å²) in [5, 5.41) is 3.92. The van der Waals surface area contributed by atoms with Gasteiger partial charge in [0.25, 0.3) is 0 Å². The van der Waals surface area contributed by atoms with Crippen molar-refractivity contribution < 1.29 is 0 Å². The largest absolute Gasteiger partial charge is 0.307 e. The molecular weight excluding hydrogens is 218 g/mol. The molecule has 0 aromatic heterocycles. The van der Waals surface area contributed by atoms with E-state index < -0.39 is 0 Å². The third kappa shape index (κ3) is 2.77. The molecule has 1 nitrogen and oxygen atoms in total. The molecule has 2 saturated carbocycles. The molecule has 1 aromatic carbocycles. The molecule has 0 amide bonds. The molecule has 98 valence electrons. The van der Waals surface area contributed by atoms with Crippen LogP contribution in [0.5, 0.6) is 0 Å². The Labute approximate surface area is 111 Å². The van der Waals surface area contributed by atoms with Gasteiger partial charge in [0.15, 0.2) is 0 Å². The Bertz CT molecular complexity index is 391. The molecule has 2 aliphatic rings. The van der Waals surface area contributed by atoms with Crippen molar-refractivity contribution in [3.63, 3.8) is 0 Å². The van der Waals surface area contributed by atoms with Gasteiger partial charge in [0, 0.05) is 12.1 Å². The fourth-order valence-corrected chi connectivity index (χ4v) is 3.08. The predicted molar refractivity (Wildman–Crippen MR) is 76.6 cm³/mol. The van der Waals surface area contributed by atoms with E-state index in [2.05, 4.69) is 43.4 Å². The Morgan fingerprint density at radius 2 is 1.94 bits per heavy atom. The lowest BCUT2D eigenvalue weighted by molar-refractivity contribution is 0.458. The maximum atomic E-state index is 3.92. The predicted octanol–water partition coefficient (Wildman–Crippen LogP) is 4.22. The lowest BCUT2D eigenvalue weighted by Gasteiger charge is -2.19. The van der Waals surface area contributed by atoms with E-state index in [0.717, 1.165) is 17.9 Å². The Morgan fingerprint density at radius 3 is 2.56 bits per heavy atom. The zero-order chi connectivity index (χ0) is 12.5. The molecule has 1 heteroatoms. The van der Waals surface area contributed by atoms with Crippen molar-refractivity contribution in [1.29, 1.82) is 0 Å². The molecule has 0 aliphatic heterocycles. The topological polar surface area (TPSA) is 12.0 Å². The van der Waals surface area contributed by atoms with Crippen molar-refractivity contribution in [2.24, 2.45) is 11.8 Å². The Kier molecular flexibility index (Phi) is 3.43. The fraction of sp³-hybridized carbons (Fsp3) is 0.647. The molecule has 3 rings (SSSR count). The second kappa shape index (κ2) is 5.05. The van der Waals surface area contributed by atoms with Gasteiger partial charge in [-0.25, -0.2) is 0 Å². The second-order valence-electron chi connectivity index (χ2n) is 6.28. The molecule has 3 atom stereocenters. The summed E-state index contributed by atoms with van der Waals surface area (Å²) in [5.74, 6) is 1.86. The molecule has 0 spiro atoms. The highest BCUT2D eigenvalue weighted by atomic mass is 15.0. The van der Waals surface area contributed by atoms with Crippen LogP contribution < -0.4 is 5.32 Å². The van der Waals surface area contributed by atoms with Crippen LogP contribution >= 0.6 is 0 Å². The molecule has 0 radical (unpaired) electrons. The maximum absolute atomic E-state index is 3.92. The first-order valence-corrected chi connectivity index (χ1v) is 7.60. The monoisotopic (exact) mass is 243 g/mol. The number of nitrogens with one attached hydrogen (secondary N) is 1. The summed E-state index contributed by atoms with van der Waals surface area (Å²) in [6.07, 6.45) is 6.97. The molecule has 0 heterocycles. The number of hydrogen-bond donors (Lipinski definition) is 1. The highest BCUT2D eigenvalue weighted by molar-refractivity contribution is 5.26. The van der Waals surface area contributed by atoms with E-state index in [0.29, 0.717) is 6.04 Å². The van der Waals surface area contributed by atoms with Gasteiger partial charge in [0.2, 0.25) is 0 Å². The van der Waals surface area contributed by atoms with Crippen molar-refractivity contribution >= 4 is 0 Å². The van der Waals surface area contributed by atoms with Gasteiger partial charge in [-0.15, -0.1) is 0 Å². The van der Waals surface area contributed by atoms with Gasteiger partial charge in [-0.3, -0.25) is 0 Å². The first-order valence-electron chi connectivity index (χ1n) is 7.60. The standard InChI is InChI=1S/C17H25N/c1-3-4-15-11-16(15)18-17(14-9-10-14)13-7-5-12(2)6-8-13/h5-8,14-18H,3-4,9-11H2,1-2H3. The number of benzene rings is 1. The first-order chi connectivity index (χ1) is 8.78. The van der Waals surface area contributed by atoms with Crippen LogP contribution in [0.4, 0.5) is 0 Å². The van der Waals surface area contributed by atoms with Gasteiger partial charge in [0.1, 0.15) is 0 Å². The molecule has 0 bridgehead atoms. The van der Waals surface area contributed by atoms with Crippen molar-refractivity contribution in [3.05, 3.63) is 35.4 Å². The van der Waals surface area contributed by atoms with Crippen molar-refractivity contribution in [1.82, 2.24) is 5.32 Å². The summed E-state index contributed by atoms with van der Waals surface area (Å²) in [6, 6.07) is 10.6. The van der Waals surface area contributed by atoms with Crippen LogP contribution in [0.25, 0.3) is 0 Å². The molecule has 18 heavy (non-hydrogen) atoms. The van der Waals surface area contributed by atoms with E-state index in [4.69, 9.17) is 0 Å². The third-order valence-corrected chi connectivity index (χ3v) is 4.51. The summed E-state index contributed by atoms with van der Waals surface area (Å²) in [4.78, 5) is 0. The highest BCUT2D eigenvalue weighted by Gasteiger charge is 2.41. The number of aryl methyl sites for hydroxylation is 1. The van der Waals surface area contributed by atoms with Crippen LogP contribution in [0.1, 0.15) is 56.2 Å². The summed E-state index contributed by atoms with van der Waals surface area (Å²) in [7, 11) is 0. The Morgan fingerprint density at radius 1 is 1.22 bits per heavy atom. The molecule has 2 fully saturated rings. The SMILES string of the molecule is CCCC1CC1NC(c1ccc(C)cc1)C1CC1. The van der Waals surface area contributed by atoms with E-state index >= 15 is 0 Å². The van der Waals surface area contributed by atoms with E-state index in [9.17, 15) is 0 Å². The van der Waals surface area contributed by atoms with Crippen LogP contribution in [-0.4, -0.2) is 6.04 Å². The minimum absolute atomic E-state index is 0.623. The normalized spacial score (nSPS) is 28.1. The van der Waals surface area contributed by atoms with Crippen LogP contribution in [0, 0.1) is 18.8 Å². The third-order valence-electron chi connectivity index (χ3n) is 4.51.